The van der Waals surface area contributed by atoms with E-state index in [1.807, 2.05) is 6.07 Å². The fourth-order valence-electron chi connectivity index (χ4n) is 2.22. The van der Waals surface area contributed by atoms with E-state index in [0.717, 1.165) is 23.7 Å². The number of thioether (sulfide) groups is 1. The molecule has 0 N–H and O–H groups in total. The summed E-state index contributed by atoms with van der Waals surface area (Å²) in [6.07, 6.45) is 0.938. The van der Waals surface area contributed by atoms with E-state index < -0.39 is 15.8 Å². The van der Waals surface area contributed by atoms with Crippen molar-refractivity contribution in [1.82, 2.24) is 0 Å². The Bertz CT molecular complexity index is 811. The number of rotatable bonds is 7. The van der Waals surface area contributed by atoms with Gasteiger partial charge in [-0.15, -0.1) is 11.8 Å². The topological polar surface area (TPSA) is 74.3 Å². The first kappa shape index (κ1) is 18.5. The molecule has 0 aliphatic heterocycles. The first-order chi connectivity index (χ1) is 11.3. The van der Waals surface area contributed by atoms with Crippen LogP contribution >= 0.6 is 11.8 Å². The molecule has 0 aromatic heterocycles. The number of carboxylic acid groups (broad SMARTS) is 1. The molecule has 0 bridgehead atoms. The Kier molecular flexibility index (Phi) is 6.07. The first-order valence-electron chi connectivity index (χ1n) is 7.62. The van der Waals surface area contributed by atoms with Gasteiger partial charge in [0.05, 0.1) is 15.8 Å². The summed E-state index contributed by atoms with van der Waals surface area (Å²) in [5, 5.41) is 10.5. The second-order valence-corrected chi connectivity index (χ2v) is 8.52. The van der Waals surface area contributed by atoms with Crippen LogP contribution in [-0.4, -0.2) is 20.1 Å². The van der Waals surface area contributed by atoms with Crippen molar-refractivity contribution in [3.8, 4) is 0 Å². The molecule has 0 spiro atoms. The molecule has 0 heterocycles. The largest absolute Gasteiger partial charge is 0.549 e. The highest BCUT2D eigenvalue weighted by Crippen LogP contribution is 2.27. The van der Waals surface area contributed by atoms with Crippen LogP contribution < -0.4 is 5.11 Å². The third kappa shape index (κ3) is 4.39. The highest BCUT2D eigenvalue weighted by Gasteiger charge is 2.18. The van der Waals surface area contributed by atoms with E-state index in [1.54, 1.807) is 30.3 Å². The zero-order valence-corrected chi connectivity index (χ0v) is 15.2. The molecule has 2 rings (SSSR count). The second kappa shape index (κ2) is 7.85. The Balaban J connectivity index is 2.28. The van der Waals surface area contributed by atoms with Gasteiger partial charge in [0, 0.05) is 10.6 Å². The maximum Gasteiger partial charge on any atom is 0.206 e. The smallest absolute Gasteiger partial charge is 0.206 e. The van der Waals surface area contributed by atoms with E-state index in [0.29, 0.717) is 10.8 Å². The summed E-state index contributed by atoms with van der Waals surface area (Å²) in [7, 11) is -3.59. The molecule has 0 saturated carbocycles. The maximum absolute atomic E-state index is 12.8. The number of hydrogen-bond acceptors (Lipinski definition) is 5. The van der Waals surface area contributed by atoms with Gasteiger partial charge >= 0.3 is 0 Å². The Morgan fingerprint density at radius 3 is 2.38 bits per heavy atom. The minimum Gasteiger partial charge on any atom is -0.549 e. The third-order valence-corrected chi connectivity index (χ3v) is 6.59. The average Bonchev–Trinajstić information content (AvgIpc) is 2.59. The lowest BCUT2D eigenvalue weighted by Crippen LogP contribution is -2.24. The van der Waals surface area contributed by atoms with E-state index in [2.05, 4.69) is 13.8 Å². The van der Waals surface area contributed by atoms with E-state index in [-0.39, 0.29) is 15.5 Å². The number of carbonyl (C=O) groups is 1. The van der Waals surface area contributed by atoms with Gasteiger partial charge < -0.3 is 9.90 Å². The van der Waals surface area contributed by atoms with Gasteiger partial charge in [-0.1, -0.05) is 26.0 Å². The van der Waals surface area contributed by atoms with Gasteiger partial charge in [0.1, 0.15) is 0 Å². The molecular weight excluding hydrogens is 344 g/mol. The lowest BCUT2D eigenvalue weighted by atomic mass is 9.99. The van der Waals surface area contributed by atoms with Gasteiger partial charge in [-0.2, -0.15) is 0 Å². The minimum absolute atomic E-state index is 0.164. The zero-order chi connectivity index (χ0) is 17.7. The number of benzene rings is 2. The molecule has 0 amide bonds. The van der Waals surface area contributed by atoms with E-state index in [4.69, 9.17) is 0 Å². The summed E-state index contributed by atoms with van der Waals surface area (Å²) < 4.78 is 25.5. The van der Waals surface area contributed by atoms with Gasteiger partial charge in [-0.05, 0) is 54.3 Å². The number of carboxylic acids is 1. The van der Waals surface area contributed by atoms with Crippen LogP contribution in [0.25, 0.3) is 0 Å². The molecule has 2 aromatic rings. The second-order valence-electron chi connectivity index (χ2n) is 5.52. The van der Waals surface area contributed by atoms with Gasteiger partial charge in [0.2, 0.25) is 9.84 Å². The molecule has 2 aromatic carbocycles. The third-order valence-electron chi connectivity index (χ3n) is 3.84. The van der Waals surface area contributed by atoms with Crippen LogP contribution in [-0.2, 0) is 14.6 Å². The van der Waals surface area contributed by atoms with Crippen molar-refractivity contribution >= 4 is 27.6 Å². The fourth-order valence-corrected chi connectivity index (χ4v) is 4.15. The lowest BCUT2D eigenvalue weighted by molar-refractivity contribution is -0.301. The summed E-state index contributed by atoms with van der Waals surface area (Å²) >= 11 is 1.10. The Morgan fingerprint density at radius 1 is 1.12 bits per heavy atom. The van der Waals surface area contributed by atoms with Gasteiger partial charge in [0.25, 0.3) is 0 Å². The molecule has 0 aliphatic rings. The van der Waals surface area contributed by atoms with Crippen LogP contribution in [0.5, 0.6) is 0 Å². The van der Waals surface area contributed by atoms with Crippen LogP contribution in [0.15, 0.2) is 63.2 Å². The summed E-state index contributed by atoms with van der Waals surface area (Å²) in [5.74, 6) is -1.02. The van der Waals surface area contributed by atoms with E-state index in [1.165, 1.54) is 12.1 Å². The van der Waals surface area contributed by atoms with Crippen LogP contribution in [0.3, 0.4) is 0 Å². The molecule has 0 aliphatic carbocycles. The SMILES string of the molecule is CCC(C)c1cccc(S(=O)(=O)c2ccc(SCC(=O)[O-])cc2)c1. The van der Waals surface area contributed by atoms with Crippen LogP contribution in [0.4, 0.5) is 0 Å². The van der Waals surface area contributed by atoms with Crippen LogP contribution in [0.1, 0.15) is 31.7 Å². The highest BCUT2D eigenvalue weighted by molar-refractivity contribution is 8.00. The van der Waals surface area contributed by atoms with Crippen molar-refractivity contribution in [3.63, 3.8) is 0 Å². The van der Waals surface area contributed by atoms with Gasteiger partial charge in [-0.3, -0.25) is 0 Å². The molecule has 0 saturated heterocycles. The number of sulfone groups is 1. The van der Waals surface area contributed by atoms with Crippen molar-refractivity contribution in [2.75, 3.05) is 5.75 Å². The zero-order valence-electron chi connectivity index (χ0n) is 13.6. The molecule has 6 heteroatoms. The minimum atomic E-state index is -3.59. The Labute approximate surface area is 146 Å². The quantitative estimate of drug-likeness (QED) is 0.707. The fraction of sp³-hybridized carbons (Fsp3) is 0.278. The van der Waals surface area contributed by atoms with E-state index in [9.17, 15) is 18.3 Å². The van der Waals surface area contributed by atoms with Crippen LogP contribution in [0, 0.1) is 0 Å². The molecule has 128 valence electrons. The van der Waals surface area contributed by atoms with Crippen LogP contribution in [0.2, 0.25) is 0 Å². The summed E-state index contributed by atoms with van der Waals surface area (Å²) in [4.78, 5) is 11.6. The van der Waals surface area contributed by atoms with Crippen molar-refractivity contribution in [2.45, 2.75) is 40.9 Å². The lowest BCUT2D eigenvalue weighted by Gasteiger charge is -2.11. The number of aliphatic carboxylic acids is 1. The molecule has 4 nitrogen and oxygen atoms in total. The molecule has 0 radical (unpaired) electrons. The van der Waals surface area contributed by atoms with Crippen molar-refractivity contribution in [1.29, 1.82) is 0 Å². The molecule has 0 fully saturated rings. The normalized spacial score (nSPS) is 12.8. The first-order valence-corrected chi connectivity index (χ1v) is 10.1. The average molecular weight is 363 g/mol. The highest BCUT2D eigenvalue weighted by atomic mass is 32.2. The summed E-state index contributed by atoms with van der Waals surface area (Å²) in [6, 6.07) is 13.2. The standard InChI is InChI=1S/C18H20O4S2/c1-3-13(2)14-5-4-6-17(11-14)24(21,22)16-9-7-15(8-10-16)23-12-18(19)20/h4-11,13H,3,12H2,1-2H3,(H,19,20)/p-1. The molecular formula is C18H19O4S2-. The number of hydrogen-bond donors (Lipinski definition) is 0. The molecule has 1 atom stereocenters. The summed E-state index contributed by atoms with van der Waals surface area (Å²) in [6.45, 7) is 4.13. The van der Waals surface area contributed by atoms with Gasteiger partial charge in [0.15, 0.2) is 0 Å². The summed E-state index contributed by atoms with van der Waals surface area (Å²) in [5.41, 5.74) is 1.000. The van der Waals surface area contributed by atoms with E-state index >= 15 is 0 Å². The predicted molar refractivity (Wildman–Crippen MR) is 92.8 cm³/mol. The maximum atomic E-state index is 12.8. The Morgan fingerprint density at radius 2 is 1.79 bits per heavy atom. The Hall–Kier alpha value is -1.79. The van der Waals surface area contributed by atoms with Gasteiger partial charge in [-0.25, -0.2) is 8.42 Å². The van der Waals surface area contributed by atoms with Crippen molar-refractivity contribution in [3.05, 3.63) is 54.1 Å². The predicted octanol–water partition coefficient (Wildman–Crippen LogP) is 2.87. The van der Waals surface area contributed by atoms with Crippen molar-refractivity contribution in [2.24, 2.45) is 0 Å². The molecule has 24 heavy (non-hydrogen) atoms. The molecule has 1 unspecified atom stereocenters. The number of carbonyl (C=O) groups excluding carboxylic acids is 1. The van der Waals surface area contributed by atoms with Crippen molar-refractivity contribution < 1.29 is 18.3 Å². The monoisotopic (exact) mass is 363 g/mol.